The number of hydrogen-bond donors (Lipinski definition) is 0. The molecule has 0 amide bonds. The highest BCUT2D eigenvalue weighted by molar-refractivity contribution is 8.13. The zero-order valence-corrected chi connectivity index (χ0v) is 12.2. The van der Waals surface area contributed by atoms with Gasteiger partial charge in [-0.15, -0.1) is 0 Å². The van der Waals surface area contributed by atoms with Crippen molar-refractivity contribution in [2.45, 2.75) is 13.3 Å². The van der Waals surface area contributed by atoms with Gasteiger partial charge >= 0.3 is 5.69 Å². The summed E-state index contributed by atoms with van der Waals surface area (Å²) in [7, 11) is 1.42. The molecule has 0 aliphatic carbocycles. The highest BCUT2D eigenvalue weighted by Crippen LogP contribution is 2.30. The number of rotatable bonds is 7. The Hall–Kier alpha value is -1.41. The molecule has 0 aromatic heterocycles. The van der Waals surface area contributed by atoms with Gasteiger partial charge < -0.3 is 4.74 Å². The van der Waals surface area contributed by atoms with Crippen LogP contribution in [0.15, 0.2) is 18.2 Å². The smallest absolute Gasteiger partial charge is 0.314 e. The summed E-state index contributed by atoms with van der Waals surface area (Å²) in [5.74, 6) is -2.18. The zero-order chi connectivity index (χ0) is 15.3. The first-order chi connectivity index (χ1) is 9.24. The lowest BCUT2D eigenvalue weighted by molar-refractivity contribution is -0.386. The fourth-order valence-electron chi connectivity index (χ4n) is 1.55. The molecule has 20 heavy (non-hydrogen) atoms. The van der Waals surface area contributed by atoms with Gasteiger partial charge in [-0.2, -0.15) is 0 Å². The number of nitro groups is 1. The van der Waals surface area contributed by atoms with Crippen LogP contribution in [0.4, 0.5) is 10.1 Å². The van der Waals surface area contributed by atoms with E-state index in [9.17, 15) is 22.9 Å². The van der Waals surface area contributed by atoms with Gasteiger partial charge in [-0.1, -0.05) is 13.0 Å². The summed E-state index contributed by atoms with van der Waals surface area (Å²) >= 11 is 0. The largest absolute Gasteiger partial charge is 0.484 e. The molecule has 0 aliphatic rings. The maximum atomic E-state index is 13.5. The van der Waals surface area contributed by atoms with E-state index in [1.807, 2.05) is 0 Å². The van der Waals surface area contributed by atoms with E-state index in [0.29, 0.717) is 6.42 Å². The minimum absolute atomic E-state index is 0.176. The maximum Gasteiger partial charge on any atom is 0.314 e. The molecule has 1 atom stereocenters. The van der Waals surface area contributed by atoms with Gasteiger partial charge in [0.05, 0.1) is 17.3 Å². The second-order valence-corrected chi connectivity index (χ2v) is 6.96. The minimum Gasteiger partial charge on any atom is -0.484 e. The van der Waals surface area contributed by atoms with Crippen LogP contribution in [0.1, 0.15) is 13.3 Å². The molecule has 0 fully saturated rings. The predicted molar refractivity (Wildman–Crippen MR) is 72.0 cm³/mol. The molecule has 0 saturated carbocycles. The highest BCUT2D eigenvalue weighted by atomic mass is 35.7. The standard InChI is InChI=1S/C11H13ClFNO5S/c1-2-8(7-20(12,17)18)6-19-11-9(13)4-3-5-10(11)14(15)16/h3-5,8H,2,6-7H2,1H3. The summed E-state index contributed by atoms with van der Waals surface area (Å²) in [6.07, 6.45) is 0.425. The van der Waals surface area contributed by atoms with Crippen molar-refractivity contribution < 1.29 is 22.5 Å². The fraction of sp³-hybridized carbons (Fsp3) is 0.455. The molecule has 0 aliphatic heterocycles. The molecule has 0 bridgehead atoms. The van der Waals surface area contributed by atoms with E-state index < -0.39 is 37.1 Å². The third kappa shape index (κ3) is 4.93. The van der Waals surface area contributed by atoms with E-state index in [0.717, 1.165) is 12.1 Å². The number of hydrogen-bond acceptors (Lipinski definition) is 5. The lowest BCUT2D eigenvalue weighted by atomic mass is 10.1. The van der Waals surface area contributed by atoms with E-state index in [-0.39, 0.29) is 12.4 Å². The van der Waals surface area contributed by atoms with Gasteiger partial charge in [-0.25, -0.2) is 12.8 Å². The Labute approximate surface area is 120 Å². The molecule has 9 heteroatoms. The van der Waals surface area contributed by atoms with Crippen molar-refractivity contribution >= 4 is 25.4 Å². The number of ether oxygens (including phenoxy) is 1. The lowest BCUT2D eigenvalue weighted by Crippen LogP contribution is -2.19. The first-order valence-electron chi connectivity index (χ1n) is 5.72. The molecule has 0 spiro atoms. The van der Waals surface area contributed by atoms with Gasteiger partial charge in [0.1, 0.15) is 0 Å². The quantitative estimate of drug-likeness (QED) is 0.437. The number of para-hydroxylation sites is 1. The summed E-state index contributed by atoms with van der Waals surface area (Å²) in [4.78, 5) is 9.99. The average Bonchev–Trinajstić information content (AvgIpc) is 2.33. The Balaban J connectivity index is 2.86. The van der Waals surface area contributed by atoms with Crippen molar-refractivity contribution in [3.63, 3.8) is 0 Å². The average molecular weight is 326 g/mol. The normalized spacial score (nSPS) is 12.9. The van der Waals surface area contributed by atoms with Gasteiger partial charge in [0.15, 0.2) is 5.82 Å². The molecule has 112 valence electrons. The topological polar surface area (TPSA) is 86.5 Å². The molecular formula is C11H13ClFNO5S. The molecule has 0 saturated heterocycles. The van der Waals surface area contributed by atoms with Gasteiger partial charge in [-0.05, 0) is 12.5 Å². The van der Waals surface area contributed by atoms with Gasteiger partial charge in [0.25, 0.3) is 0 Å². The van der Waals surface area contributed by atoms with Crippen LogP contribution in [0.25, 0.3) is 0 Å². The van der Waals surface area contributed by atoms with Crippen molar-refractivity contribution in [1.29, 1.82) is 0 Å². The molecule has 0 heterocycles. The predicted octanol–water partition coefficient (Wildman–Crippen LogP) is 2.71. The maximum absolute atomic E-state index is 13.5. The molecule has 1 unspecified atom stereocenters. The van der Waals surface area contributed by atoms with Crippen molar-refractivity contribution in [2.75, 3.05) is 12.4 Å². The van der Waals surface area contributed by atoms with Crippen LogP contribution < -0.4 is 4.74 Å². The van der Waals surface area contributed by atoms with Crippen molar-refractivity contribution in [3.05, 3.63) is 34.1 Å². The Kier molecular flexibility index (Phi) is 5.70. The van der Waals surface area contributed by atoms with E-state index in [1.54, 1.807) is 6.92 Å². The van der Waals surface area contributed by atoms with E-state index >= 15 is 0 Å². The summed E-state index contributed by atoms with van der Waals surface area (Å²) in [5, 5.41) is 10.8. The third-order valence-corrected chi connectivity index (χ3v) is 3.87. The Morgan fingerprint density at radius 2 is 2.15 bits per heavy atom. The first-order valence-corrected chi connectivity index (χ1v) is 8.20. The van der Waals surface area contributed by atoms with E-state index in [1.165, 1.54) is 6.07 Å². The number of benzene rings is 1. The van der Waals surface area contributed by atoms with Crippen LogP contribution in [-0.4, -0.2) is 25.7 Å². The van der Waals surface area contributed by atoms with Crippen LogP contribution in [0.5, 0.6) is 5.75 Å². The minimum atomic E-state index is -3.71. The van der Waals surface area contributed by atoms with Crippen LogP contribution in [0.3, 0.4) is 0 Å². The highest BCUT2D eigenvalue weighted by Gasteiger charge is 2.22. The van der Waals surface area contributed by atoms with Crippen LogP contribution in [0, 0.1) is 21.8 Å². The van der Waals surface area contributed by atoms with Crippen molar-refractivity contribution in [3.8, 4) is 5.75 Å². The third-order valence-electron chi connectivity index (χ3n) is 2.62. The summed E-state index contributed by atoms with van der Waals surface area (Å²) in [6, 6.07) is 3.33. The van der Waals surface area contributed by atoms with Crippen LogP contribution in [0.2, 0.25) is 0 Å². The summed E-state index contributed by atoms with van der Waals surface area (Å²) in [6.45, 7) is 1.54. The second kappa shape index (κ2) is 6.85. The van der Waals surface area contributed by atoms with E-state index in [2.05, 4.69) is 0 Å². The molecule has 1 aromatic rings. The Morgan fingerprint density at radius 3 is 2.65 bits per heavy atom. The van der Waals surface area contributed by atoms with Crippen molar-refractivity contribution in [1.82, 2.24) is 0 Å². The van der Waals surface area contributed by atoms with Crippen molar-refractivity contribution in [2.24, 2.45) is 5.92 Å². The number of nitrogens with zero attached hydrogens (tertiary/aromatic N) is 1. The summed E-state index contributed by atoms with van der Waals surface area (Å²) in [5.41, 5.74) is -0.506. The Bertz CT molecular complexity index is 592. The van der Waals surface area contributed by atoms with Crippen LogP contribution >= 0.6 is 10.7 Å². The molecule has 1 aromatic carbocycles. The molecule has 1 rings (SSSR count). The van der Waals surface area contributed by atoms with Gasteiger partial charge in [0.2, 0.25) is 14.8 Å². The number of nitro benzene ring substituents is 1. The van der Waals surface area contributed by atoms with Gasteiger partial charge in [0, 0.05) is 22.7 Å². The molecule has 0 N–H and O–H groups in total. The fourth-order valence-corrected chi connectivity index (χ4v) is 2.98. The molecular weight excluding hydrogens is 313 g/mol. The van der Waals surface area contributed by atoms with Crippen LogP contribution in [-0.2, 0) is 9.05 Å². The first kappa shape index (κ1) is 16.6. The zero-order valence-electron chi connectivity index (χ0n) is 10.6. The molecule has 0 radical (unpaired) electrons. The monoisotopic (exact) mass is 325 g/mol. The SMILES string of the molecule is CCC(COc1c(F)cccc1[N+](=O)[O-])CS(=O)(=O)Cl. The summed E-state index contributed by atoms with van der Waals surface area (Å²) < 4.78 is 40.6. The molecule has 6 nitrogen and oxygen atoms in total. The number of halogens is 2. The van der Waals surface area contributed by atoms with Gasteiger partial charge in [-0.3, -0.25) is 10.1 Å². The second-order valence-electron chi connectivity index (χ2n) is 4.14. The van der Waals surface area contributed by atoms with E-state index in [4.69, 9.17) is 15.4 Å². The Morgan fingerprint density at radius 1 is 1.50 bits per heavy atom. The lowest BCUT2D eigenvalue weighted by Gasteiger charge is -2.14.